The van der Waals surface area contributed by atoms with Gasteiger partial charge in [-0.1, -0.05) is 6.08 Å². The molecule has 0 radical (unpaired) electrons. The maximum Gasteiger partial charge on any atom is 0.333 e. The van der Waals surface area contributed by atoms with Crippen molar-refractivity contribution in [3.05, 3.63) is 11.6 Å². The van der Waals surface area contributed by atoms with E-state index >= 15 is 0 Å². The van der Waals surface area contributed by atoms with Gasteiger partial charge in [-0.15, -0.1) is 11.6 Å². The molecule has 3 heteroatoms. The first kappa shape index (κ1) is 9.50. The summed E-state index contributed by atoms with van der Waals surface area (Å²) in [7, 11) is 0. The predicted octanol–water partition coefficient (Wildman–Crippen LogP) is 1.73. The lowest BCUT2D eigenvalue weighted by Gasteiger charge is -2.00. The number of halogens is 1. The Hall–Kier alpha value is -0.500. The minimum Gasteiger partial charge on any atom is -0.461 e. The highest BCUT2D eigenvalue weighted by atomic mass is 35.5. The van der Waals surface area contributed by atoms with E-state index < -0.39 is 0 Å². The van der Waals surface area contributed by atoms with Crippen LogP contribution in [0.3, 0.4) is 0 Å². The Kier molecular flexibility index (Phi) is 5.03. The summed E-state index contributed by atoms with van der Waals surface area (Å²) in [6, 6.07) is 0. The van der Waals surface area contributed by atoms with E-state index in [4.69, 9.17) is 16.3 Å². The molecule has 0 aliphatic carbocycles. The fourth-order valence-corrected chi connectivity index (χ4v) is 0.440. The van der Waals surface area contributed by atoms with Crippen LogP contribution in [0, 0.1) is 0 Å². The number of rotatable bonds is 3. The van der Waals surface area contributed by atoms with Gasteiger partial charge in [0, 0.05) is 5.57 Å². The van der Waals surface area contributed by atoms with Crippen molar-refractivity contribution in [2.75, 3.05) is 12.5 Å². The van der Waals surface area contributed by atoms with Crippen LogP contribution in [0.2, 0.25) is 0 Å². The molecule has 10 heavy (non-hydrogen) atoms. The summed E-state index contributed by atoms with van der Waals surface area (Å²) in [5.74, 6) is 0.0612. The summed E-state index contributed by atoms with van der Waals surface area (Å²) in [4.78, 5) is 10.8. The van der Waals surface area contributed by atoms with Crippen molar-refractivity contribution in [2.45, 2.75) is 13.8 Å². The average molecular weight is 163 g/mol. The SMILES string of the molecule is C/C=C(\C)C(=O)OCCCl. The highest BCUT2D eigenvalue weighted by Crippen LogP contribution is 1.95. The van der Waals surface area contributed by atoms with E-state index in [-0.39, 0.29) is 12.6 Å². The molecule has 58 valence electrons. The van der Waals surface area contributed by atoms with Gasteiger partial charge in [-0.25, -0.2) is 4.79 Å². The number of alkyl halides is 1. The van der Waals surface area contributed by atoms with Crippen LogP contribution < -0.4 is 0 Å². The molecule has 0 aromatic rings. The molecule has 0 bridgehead atoms. The van der Waals surface area contributed by atoms with Gasteiger partial charge < -0.3 is 4.74 Å². The topological polar surface area (TPSA) is 26.3 Å². The molecule has 2 nitrogen and oxygen atoms in total. The maximum absolute atomic E-state index is 10.8. The van der Waals surface area contributed by atoms with Gasteiger partial charge in [-0.05, 0) is 13.8 Å². The number of hydrogen-bond donors (Lipinski definition) is 0. The molecule has 0 atom stereocenters. The second-order valence-corrected chi connectivity index (χ2v) is 2.17. The zero-order chi connectivity index (χ0) is 7.98. The summed E-state index contributed by atoms with van der Waals surface area (Å²) in [6.07, 6.45) is 1.70. The molecule has 0 aliphatic heterocycles. The van der Waals surface area contributed by atoms with E-state index in [2.05, 4.69) is 0 Å². The van der Waals surface area contributed by atoms with E-state index in [1.54, 1.807) is 19.9 Å². The van der Waals surface area contributed by atoms with Crippen molar-refractivity contribution >= 4 is 17.6 Å². The van der Waals surface area contributed by atoms with Crippen molar-refractivity contribution in [1.82, 2.24) is 0 Å². The summed E-state index contributed by atoms with van der Waals surface area (Å²) in [6.45, 7) is 3.78. The second-order valence-electron chi connectivity index (χ2n) is 1.80. The molecule has 0 fully saturated rings. The number of esters is 1. The number of carbonyl (C=O) groups excluding carboxylic acids is 1. The minimum absolute atomic E-state index is 0.283. The maximum atomic E-state index is 10.8. The quantitative estimate of drug-likeness (QED) is 0.359. The molecule has 0 rings (SSSR count). The van der Waals surface area contributed by atoms with Crippen LogP contribution in [0.1, 0.15) is 13.8 Å². The summed E-state index contributed by atoms with van der Waals surface area (Å²) in [5, 5.41) is 0. The normalized spacial score (nSPS) is 11.3. The highest BCUT2D eigenvalue weighted by Gasteiger charge is 2.01. The molecule has 0 unspecified atom stereocenters. The Morgan fingerprint density at radius 2 is 2.30 bits per heavy atom. The van der Waals surface area contributed by atoms with Gasteiger partial charge in [0.25, 0.3) is 0 Å². The van der Waals surface area contributed by atoms with Crippen molar-refractivity contribution in [3.8, 4) is 0 Å². The fraction of sp³-hybridized carbons (Fsp3) is 0.571. The molecule has 0 aromatic carbocycles. The van der Waals surface area contributed by atoms with Crippen LogP contribution in [0.25, 0.3) is 0 Å². The Bertz CT molecular complexity index is 141. The van der Waals surface area contributed by atoms with Gasteiger partial charge in [-0.3, -0.25) is 0 Å². The van der Waals surface area contributed by atoms with Gasteiger partial charge in [0.2, 0.25) is 0 Å². The Labute approximate surface area is 65.8 Å². The number of hydrogen-bond acceptors (Lipinski definition) is 2. The van der Waals surface area contributed by atoms with Gasteiger partial charge in [0.05, 0.1) is 5.88 Å². The Morgan fingerprint density at radius 1 is 1.70 bits per heavy atom. The van der Waals surface area contributed by atoms with Crippen LogP contribution in [-0.2, 0) is 9.53 Å². The van der Waals surface area contributed by atoms with Gasteiger partial charge in [0.15, 0.2) is 0 Å². The largest absolute Gasteiger partial charge is 0.461 e. The van der Waals surface area contributed by atoms with Crippen LogP contribution in [0.4, 0.5) is 0 Å². The fourth-order valence-electron chi connectivity index (χ4n) is 0.363. The van der Waals surface area contributed by atoms with E-state index in [0.717, 1.165) is 0 Å². The molecule has 0 saturated heterocycles. The third-order valence-corrected chi connectivity index (χ3v) is 1.22. The monoisotopic (exact) mass is 162 g/mol. The molecule has 0 aromatic heterocycles. The zero-order valence-electron chi connectivity index (χ0n) is 6.19. The predicted molar refractivity (Wildman–Crippen MR) is 41.1 cm³/mol. The lowest BCUT2D eigenvalue weighted by atomic mass is 10.3. The van der Waals surface area contributed by atoms with Gasteiger partial charge in [0.1, 0.15) is 6.61 Å². The number of carbonyl (C=O) groups is 1. The third kappa shape index (κ3) is 3.51. The minimum atomic E-state index is -0.289. The van der Waals surface area contributed by atoms with E-state index in [1.165, 1.54) is 0 Å². The lowest BCUT2D eigenvalue weighted by molar-refractivity contribution is -0.138. The summed E-state index contributed by atoms with van der Waals surface area (Å²) < 4.78 is 4.70. The first-order valence-corrected chi connectivity index (χ1v) is 3.61. The van der Waals surface area contributed by atoms with Gasteiger partial charge >= 0.3 is 5.97 Å². The van der Waals surface area contributed by atoms with E-state index in [1.807, 2.05) is 0 Å². The van der Waals surface area contributed by atoms with Crippen molar-refractivity contribution in [2.24, 2.45) is 0 Å². The zero-order valence-corrected chi connectivity index (χ0v) is 6.94. The first-order valence-electron chi connectivity index (χ1n) is 3.08. The number of allylic oxidation sites excluding steroid dienone is 1. The molecule has 0 amide bonds. The molecule has 0 heterocycles. The van der Waals surface area contributed by atoms with Crippen molar-refractivity contribution < 1.29 is 9.53 Å². The molecule has 0 spiro atoms. The van der Waals surface area contributed by atoms with Crippen molar-refractivity contribution in [1.29, 1.82) is 0 Å². The molecular formula is C7H11ClO2. The Balaban J connectivity index is 3.63. The number of ether oxygens (including phenoxy) is 1. The lowest BCUT2D eigenvalue weighted by Crippen LogP contribution is -2.07. The third-order valence-electron chi connectivity index (χ3n) is 1.07. The van der Waals surface area contributed by atoms with Crippen LogP contribution in [-0.4, -0.2) is 18.5 Å². The van der Waals surface area contributed by atoms with Gasteiger partial charge in [-0.2, -0.15) is 0 Å². The average Bonchev–Trinajstić information content (AvgIpc) is 1.98. The van der Waals surface area contributed by atoms with E-state index in [9.17, 15) is 4.79 Å². The Morgan fingerprint density at radius 3 is 2.70 bits per heavy atom. The first-order chi connectivity index (χ1) is 4.72. The van der Waals surface area contributed by atoms with Crippen LogP contribution in [0.5, 0.6) is 0 Å². The summed E-state index contributed by atoms with van der Waals surface area (Å²) in [5.41, 5.74) is 0.616. The smallest absolute Gasteiger partial charge is 0.333 e. The second kappa shape index (κ2) is 5.30. The molecule has 0 N–H and O–H groups in total. The van der Waals surface area contributed by atoms with Crippen LogP contribution >= 0.6 is 11.6 Å². The van der Waals surface area contributed by atoms with Crippen molar-refractivity contribution in [3.63, 3.8) is 0 Å². The molecule has 0 saturated carbocycles. The molecular weight excluding hydrogens is 152 g/mol. The molecule has 0 aliphatic rings. The van der Waals surface area contributed by atoms with Crippen LogP contribution in [0.15, 0.2) is 11.6 Å². The highest BCUT2D eigenvalue weighted by molar-refractivity contribution is 6.18. The van der Waals surface area contributed by atoms with E-state index in [0.29, 0.717) is 11.5 Å². The standard InChI is InChI=1S/C7H11ClO2/c1-3-6(2)7(9)10-5-4-8/h3H,4-5H2,1-2H3/b6-3+. The summed E-state index contributed by atoms with van der Waals surface area (Å²) >= 11 is 5.30.